The quantitative estimate of drug-likeness (QED) is 0.598. The van der Waals surface area contributed by atoms with Crippen molar-refractivity contribution in [2.24, 2.45) is 0 Å². The maximum absolute atomic E-state index is 5.55. The van der Waals surface area contributed by atoms with Crippen LogP contribution in [0.1, 0.15) is 0 Å². The Bertz CT molecular complexity index is 253. The van der Waals surface area contributed by atoms with E-state index in [0.29, 0.717) is 0 Å². The summed E-state index contributed by atoms with van der Waals surface area (Å²) < 4.78 is 0. The molecule has 60 valence electrons. The molecule has 1 heterocycles. The molecule has 0 aliphatic carbocycles. The van der Waals surface area contributed by atoms with Crippen molar-refractivity contribution in [2.45, 2.75) is 0 Å². The molecule has 1 N–H and O–H groups in total. The first-order valence-electron chi connectivity index (χ1n) is 2.40. The van der Waals surface area contributed by atoms with E-state index in [0.717, 1.165) is 0 Å². The Hall–Kier alpha value is 0.0400. The van der Waals surface area contributed by atoms with Crippen LogP contribution in [0.4, 0.5) is 5.95 Å². The first-order valence-corrected chi connectivity index (χ1v) is 3.91. The molecule has 0 unspecified atom stereocenters. The molecule has 0 spiro atoms. The highest BCUT2D eigenvalue weighted by atomic mass is 35.5. The molecular formula is C4HCl4N3. The maximum Gasteiger partial charge on any atom is 0.240 e. The summed E-state index contributed by atoms with van der Waals surface area (Å²) in [7, 11) is 0. The lowest BCUT2D eigenvalue weighted by atomic mass is 10.6. The van der Waals surface area contributed by atoms with Crippen LogP contribution in [0.2, 0.25) is 15.3 Å². The van der Waals surface area contributed by atoms with E-state index < -0.39 is 0 Å². The number of hydrogen-bond donors (Lipinski definition) is 1. The van der Waals surface area contributed by atoms with Crippen LogP contribution >= 0.6 is 46.6 Å². The van der Waals surface area contributed by atoms with E-state index >= 15 is 0 Å². The zero-order chi connectivity index (χ0) is 8.43. The largest absolute Gasteiger partial charge is 0.266 e. The van der Waals surface area contributed by atoms with Gasteiger partial charge in [-0.25, -0.2) is 0 Å². The number of hydrogen-bond acceptors (Lipinski definition) is 3. The zero-order valence-electron chi connectivity index (χ0n) is 4.91. The summed E-state index contributed by atoms with van der Waals surface area (Å²) in [6.45, 7) is 0. The third kappa shape index (κ3) is 1.99. The third-order valence-electron chi connectivity index (χ3n) is 0.855. The Labute approximate surface area is 82.7 Å². The predicted molar refractivity (Wildman–Crippen MR) is 46.5 cm³/mol. The molecule has 1 aromatic rings. The Balaban J connectivity index is 3.21. The van der Waals surface area contributed by atoms with Gasteiger partial charge in [-0.2, -0.15) is 9.97 Å². The van der Waals surface area contributed by atoms with Gasteiger partial charge in [-0.3, -0.25) is 4.84 Å². The highest BCUT2D eigenvalue weighted by Gasteiger charge is 2.07. The lowest BCUT2D eigenvalue weighted by Crippen LogP contribution is -1.92. The molecule has 0 aromatic carbocycles. The molecule has 0 atom stereocenters. The summed E-state index contributed by atoms with van der Waals surface area (Å²) in [5.41, 5.74) is 0. The van der Waals surface area contributed by atoms with Crippen LogP contribution < -0.4 is 4.84 Å². The van der Waals surface area contributed by atoms with Gasteiger partial charge >= 0.3 is 0 Å². The standard InChI is InChI=1S/C4HCl4N3/c5-1-2(6)9-4(11-8)10-3(1)7/h(H,9,10,11). The average Bonchev–Trinajstić information content (AvgIpc) is 1.99. The second kappa shape index (κ2) is 3.63. The number of nitrogens with one attached hydrogen (secondary N) is 1. The second-order valence-electron chi connectivity index (χ2n) is 1.54. The highest BCUT2D eigenvalue weighted by Crippen LogP contribution is 2.27. The second-order valence-corrected chi connectivity index (χ2v) is 2.82. The maximum atomic E-state index is 5.55. The summed E-state index contributed by atoms with van der Waals surface area (Å²) in [5.74, 6) is 0.117. The smallest absolute Gasteiger partial charge is 0.240 e. The van der Waals surface area contributed by atoms with Gasteiger partial charge in [0.15, 0.2) is 10.3 Å². The van der Waals surface area contributed by atoms with E-state index in [1.54, 1.807) is 0 Å². The van der Waals surface area contributed by atoms with Crippen molar-refractivity contribution in [2.75, 3.05) is 4.84 Å². The fourth-order valence-electron chi connectivity index (χ4n) is 0.436. The van der Waals surface area contributed by atoms with E-state index in [1.165, 1.54) is 0 Å². The minimum Gasteiger partial charge on any atom is -0.266 e. The molecule has 1 aromatic heterocycles. The van der Waals surface area contributed by atoms with E-state index in [-0.39, 0.29) is 21.3 Å². The van der Waals surface area contributed by atoms with Crippen molar-refractivity contribution >= 4 is 52.5 Å². The zero-order valence-corrected chi connectivity index (χ0v) is 7.93. The summed E-state index contributed by atoms with van der Waals surface area (Å²) in [4.78, 5) is 9.45. The highest BCUT2D eigenvalue weighted by molar-refractivity contribution is 6.47. The molecule has 7 heteroatoms. The van der Waals surface area contributed by atoms with Crippen LogP contribution in [-0.2, 0) is 0 Å². The van der Waals surface area contributed by atoms with Crippen molar-refractivity contribution in [1.82, 2.24) is 9.97 Å². The Kier molecular flexibility index (Phi) is 3.01. The fraction of sp³-hybridized carbons (Fsp3) is 0. The van der Waals surface area contributed by atoms with Gasteiger partial charge in [-0.15, -0.1) is 0 Å². The minimum absolute atomic E-state index is 0.0646. The molecule has 0 radical (unpaired) electrons. The Morgan fingerprint density at radius 3 is 1.82 bits per heavy atom. The molecule has 3 nitrogen and oxygen atoms in total. The molecule has 0 amide bonds. The van der Waals surface area contributed by atoms with Gasteiger partial charge in [0, 0.05) is 11.8 Å². The minimum atomic E-state index is 0.0646. The number of halogens is 4. The number of anilines is 1. The monoisotopic (exact) mass is 231 g/mol. The van der Waals surface area contributed by atoms with Gasteiger partial charge in [-0.05, 0) is 0 Å². The van der Waals surface area contributed by atoms with Gasteiger partial charge in [0.2, 0.25) is 5.95 Å². The van der Waals surface area contributed by atoms with Crippen molar-refractivity contribution in [3.8, 4) is 0 Å². The molecule has 0 saturated heterocycles. The lowest BCUT2D eigenvalue weighted by molar-refractivity contribution is 1.18. The first kappa shape index (κ1) is 9.13. The van der Waals surface area contributed by atoms with E-state index in [1.807, 2.05) is 0 Å². The van der Waals surface area contributed by atoms with Crippen LogP contribution in [0.3, 0.4) is 0 Å². The number of aromatic nitrogens is 2. The number of nitrogens with zero attached hydrogens (tertiary/aromatic N) is 2. The van der Waals surface area contributed by atoms with Gasteiger partial charge < -0.3 is 0 Å². The normalized spacial score (nSPS) is 9.82. The predicted octanol–water partition coefficient (Wildman–Crippen LogP) is 3.00. The van der Waals surface area contributed by atoms with Crippen LogP contribution in [-0.4, -0.2) is 9.97 Å². The molecule has 0 bridgehead atoms. The summed E-state index contributed by atoms with van der Waals surface area (Å²) in [6.07, 6.45) is 0. The molecule has 11 heavy (non-hydrogen) atoms. The summed E-state index contributed by atoms with van der Waals surface area (Å²) in [6, 6.07) is 0. The van der Waals surface area contributed by atoms with Crippen LogP contribution in [0.25, 0.3) is 0 Å². The van der Waals surface area contributed by atoms with Gasteiger partial charge in [0.1, 0.15) is 5.02 Å². The van der Waals surface area contributed by atoms with Crippen molar-refractivity contribution < 1.29 is 0 Å². The van der Waals surface area contributed by atoms with Crippen molar-refractivity contribution in [1.29, 1.82) is 0 Å². The van der Waals surface area contributed by atoms with Crippen molar-refractivity contribution in [3.05, 3.63) is 15.3 Å². The molecule has 0 fully saturated rings. The Morgan fingerprint density at radius 2 is 1.45 bits per heavy atom. The van der Waals surface area contributed by atoms with Crippen molar-refractivity contribution in [3.63, 3.8) is 0 Å². The van der Waals surface area contributed by atoms with Gasteiger partial charge in [0.25, 0.3) is 0 Å². The third-order valence-corrected chi connectivity index (χ3v) is 2.12. The van der Waals surface area contributed by atoms with Gasteiger partial charge in [-0.1, -0.05) is 34.8 Å². The molecule has 0 aliphatic heterocycles. The molecule has 0 aliphatic rings. The molecular weight excluding hydrogens is 232 g/mol. The number of rotatable bonds is 1. The summed E-state index contributed by atoms with van der Waals surface area (Å²) >= 11 is 21.8. The molecule has 1 rings (SSSR count). The lowest BCUT2D eigenvalue weighted by Gasteiger charge is -1.99. The molecule has 0 saturated carbocycles. The average molecular weight is 233 g/mol. The SMILES string of the molecule is ClNc1nc(Cl)c(Cl)c(Cl)n1. The first-order chi connectivity index (χ1) is 5.15. The summed E-state index contributed by atoms with van der Waals surface area (Å²) in [5, 5.41) is 0.244. The topological polar surface area (TPSA) is 37.8 Å². The van der Waals surface area contributed by atoms with Crippen LogP contribution in [0, 0.1) is 0 Å². The van der Waals surface area contributed by atoms with E-state index in [2.05, 4.69) is 14.8 Å². The van der Waals surface area contributed by atoms with E-state index in [9.17, 15) is 0 Å². The fourth-order valence-corrected chi connectivity index (χ4v) is 0.993. The van der Waals surface area contributed by atoms with Crippen LogP contribution in [0.15, 0.2) is 0 Å². The van der Waals surface area contributed by atoms with Gasteiger partial charge in [0.05, 0.1) is 0 Å². The van der Waals surface area contributed by atoms with Crippen LogP contribution in [0.5, 0.6) is 0 Å². The van der Waals surface area contributed by atoms with E-state index in [4.69, 9.17) is 46.6 Å². The Morgan fingerprint density at radius 1 is 1.00 bits per heavy atom.